The largest absolute Gasteiger partial charge is 0.334 e. The van der Waals surface area contributed by atoms with Crippen LogP contribution in [0.2, 0.25) is 0 Å². The van der Waals surface area contributed by atoms with Crippen LogP contribution in [-0.2, 0) is 20.0 Å². The van der Waals surface area contributed by atoms with Crippen LogP contribution in [0.15, 0.2) is 59.9 Å². The number of carbonyl (C=O) groups is 1. The van der Waals surface area contributed by atoms with Crippen molar-refractivity contribution in [3.05, 3.63) is 82.4 Å². The summed E-state index contributed by atoms with van der Waals surface area (Å²) in [6, 6.07) is 9.84. The van der Waals surface area contributed by atoms with Crippen molar-refractivity contribution in [2.75, 3.05) is 0 Å². The lowest BCUT2D eigenvalue weighted by Crippen LogP contribution is -2.27. The first-order valence-electron chi connectivity index (χ1n) is 12.1. The summed E-state index contributed by atoms with van der Waals surface area (Å²) in [4.78, 5) is 30.3. The van der Waals surface area contributed by atoms with E-state index < -0.39 is 0 Å². The van der Waals surface area contributed by atoms with Gasteiger partial charge in [0.1, 0.15) is 5.82 Å². The summed E-state index contributed by atoms with van der Waals surface area (Å²) in [5, 5.41) is 18.2. The molecule has 0 unspecified atom stereocenters. The second-order valence-electron chi connectivity index (χ2n) is 8.88. The second kappa shape index (κ2) is 10.1. The molecule has 0 aliphatic carbocycles. The summed E-state index contributed by atoms with van der Waals surface area (Å²) in [6.07, 6.45) is 9.54. The number of hydrogen-bond acceptors (Lipinski definition) is 7. The van der Waals surface area contributed by atoms with E-state index in [2.05, 4.69) is 37.6 Å². The Morgan fingerprint density at radius 3 is 2.57 bits per heavy atom. The minimum atomic E-state index is -0.222. The van der Waals surface area contributed by atoms with Crippen molar-refractivity contribution in [1.82, 2.24) is 44.5 Å². The van der Waals surface area contributed by atoms with Gasteiger partial charge in [-0.2, -0.15) is 5.10 Å². The van der Waals surface area contributed by atoms with E-state index in [9.17, 15) is 9.59 Å². The first-order valence-corrected chi connectivity index (χ1v) is 12.1. The molecule has 1 N–H and O–H groups in total. The fourth-order valence-corrected chi connectivity index (χ4v) is 4.46. The number of carbonyl (C=O) groups excluding carboxylic acids is 1. The van der Waals surface area contributed by atoms with Crippen molar-refractivity contribution in [3.63, 3.8) is 0 Å². The fraction of sp³-hybridized carbons (Fsp3) is 0.269. The van der Waals surface area contributed by atoms with Crippen molar-refractivity contribution >= 4 is 5.78 Å². The average molecular weight is 498 g/mol. The molecule has 0 fully saturated rings. The number of Topliss-reactive ketones (excluding diaryl/α,β-unsaturated/α-hetero) is 1. The summed E-state index contributed by atoms with van der Waals surface area (Å²) in [6.45, 7) is 3.94. The van der Waals surface area contributed by atoms with E-state index in [4.69, 9.17) is 0 Å². The van der Waals surface area contributed by atoms with Crippen molar-refractivity contribution in [2.45, 2.75) is 39.7 Å². The van der Waals surface area contributed by atoms with E-state index in [-0.39, 0.29) is 11.5 Å². The number of unbranched alkanes of at least 4 members (excludes halogenated alkanes) is 1. The third-order valence-corrected chi connectivity index (χ3v) is 6.41. The molecule has 188 valence electrons. The van der Waals surface area contributed by atoms with Crippen molar-refractivity contribution < 1.29 is 4.79 Å². The van der Waals surface area contributed by atoms with Gasteiger partial charge in [-0.25, -0.2) is 9.89 Å². The maximum atomic E-state index is 13.7. The van der Waals surface area contributed by atoms with E-state index in [0.717, 1.165) is 47.2 Å². The molecule has 0 spiro atoms. The molecule has 0 aliphatic heterocycles. The topological polar surface area (TPSA) is 129 Å². The van der Waals surface area contributed by atoms with Crippen molar-refractivity contribution in [1.29, 1.82) is 0 Å². The summed E-state index contributed by atoms with van der Waals surface area (Å²) in [5.74, 6) is 0.921. The van der Waals surface area contributed by atoms with E-state index in [0.29, 0.717) is 23.8 Å². The minimum Gasteiger partial charge on any atom is -0.294 e. The van der Waals surface area contributed by atoms with Gasteiger partial charge in [0.15, 0.2) is 11.6 Å². The van der Waals surface area contributed by atoms with Crippen LogP contribution in [0.25, 0.3) is 28.3 Å². The van der Waals surface area contributed by atoms with Crippen LogP contribution in [0.5, 0.6) is 0 Å². The van der Waals surface area contributed by atoms with E-state index in [1.54, 1.807) is 28.7 Å². The first kappa shape index (κ1) is 24.0. The Bertz CT molecular complexity index is 1590. The van der Waals surface area contributed by atoms with Gasteiger partial charge >= 0.3 is 5.69 Å². The van der Waals surface area contributed by atoms with Gasteiger partial charge in [0.05, 0.1) is 18.3 Å². The van der Waals surface area contributed by atoms with Crippen molar-refractivity contribution in [2.24, 2.45) is 7.05 Å². The van der Waals surface area contributed by atoms with Crippen LogP contribution >= 0.6 is 0 Å². The zero-order chi connectivity index (χ0) is 25.9. The Hall–Kier alpha value is -4.67. The predicted molar refractivity (Wildman–Crippen MR) is 137 cm³/mol. The molecule has 11 heteroatoms. The van der Waals surface area contributed by atoms with Crippen LogP contribution in [-0.4, -0.2) is 50.3 Å². The highest BCUT2D eigenvalue weighted by atomic mass is 16.2. The smallest absolute Gasteiger partial charge is 0.294 e. The van der Waals surface area contributed by atoms with E-state index >= 15 is 0 Å². The lowest BCUT2D eigenvalue weighted by Gasteiger charge is -2.12. The molecular weight excluding hydrogens is 470 g/mol. The summed E-state index contributed by atoms with van der Waals surface area (Å²) < 4.78 is 4.86. The molecule has 4 heterocycles. The summed E-state index contributed by atoms with van der Waals surface area (Å²) in [7, 11) is 1.73. The number of rotatable bonds is 9. The van der Waals surface area contributed by atoms with Crippen LogP contribution in [0.4, 0.5) is 0 Å². The highest BCUT2D eigenvalue weighted by Gasteiger charge is 2.21. The Labute approximate surface area is 212 Å². The molecule has 11 nitrogen and oxygen atoms in total. The number of ketones is 1. The molecular formula is C26H27N9O2. The molecule has 0 aliphatic rings. The minimum absolute atomic E-state index is 0.142. The Kier molecular flexibility index (Phi) is 6.59. The lowest BCUT2D eigenvalue weighted by atomic mass is 10.00. The lowest BCUT2D eigenvalue weighted by molar-refractivity contribution is 0.101. The Morgan fingerprint density at radius 2 is 1.86 bits per heavy atom. The zero-order valence-corrected chi connectivity index (χ0v) is 20.9. The number of nitrogens with zero attached hydrogens (tertiary/aromatic N) is 8. The molecule has 5 aromatic rings. The normalized spacial score (nSPS) is 11.2. The van der Waals surface area contributed by atoms with Crippen LogP contribution in [0.3, 0.4) is 0 Å². The number of aryl methyl sites for hydroxylation is 2. The predicted octanol–water partition coefficient (Wildman–Crippen LogP) is 3.21. The fourth-order valence-electron chi connectivity index (χ4n) is 4.46. The van der Waals surface area contributed by atoms with Gasteiger partial charge in [-0.1, -0.05) is 37.6 Å². The van der Waals surface area contributed by atoms with Crippen LogP contribution in [0.1, 0.15) is 48.3 Å². The zero-order valence-electron chi connectivity index (χ0n) is 20.9. The number of aromatic amines is 1. The van der Waals surface area contributed by atoms with Gasteiger partial charge in [-0.15, -0.1) is 5.10 Å². The van der Waals surface area contributed by atoms with Crippen LogP contribution in [0, 0.1) is 0 Å². The van der Waals surface area contributed by atoms with Gasteiger partial charge in [0.2, 0.25) is 0 Å². The number of hydrogen-bond donors (Lipinski definition) is 1. The number of benzene rings is 1. The molecule has 37 heavy (non-hydrogen) atoms. The van der Waals surface area contributed by atoms with Gasteiger partial charge < -0.3 is 0 Å². The Balaban J connectivity index is 1.56. The number of aromatic nitrogens is 9. The van der Waals surface area contributed by atoms with Gasteiger partial charge in [-0.05, 0) is 52.9 Å². The average Bonchev–Trinajstić information content (AvgIpc) is 3.64. The first-order chi connectivity index (χ1) is 18.0. The monoisotopic (exact) mass is 497 g/mol. The number of tetrazole rings is 1. The molecule has 1 aromatic carbocycles. The van der Waals surface area contributed by atoms with Crippen LogP contribution < -0.4 is 5.69 Å². The number of imidazole rings is 1. The summed E-state index contributed by atoms with van der Waals surface area (Å²) >= 11 is 0. The molecule has 0 bridgehead atoms. The molecule has 4 aromatic heterocycles. The number of pyridine rings is 1. The van der Waals surface area contributed by atoms with Crippen molar-refractivity contribution in [3.8, 4) is 28.3 Å². The third-order valence-electron chi connectivity index (χ3n) is 6.41. The number of H-pyrrole nitrogens is 1. The molecule has 0 saturated carbocycles. The van der Waals surface area contributed by atoms with E-state index in [1.165, 1.54) is 17.7 Å². The standard InChI is InChI=1S/C26H27N9O2/c1-4-5-6-21-16-35(25-23(17(2)36)14-28-33(25)3)26(37)34(21)15-20-13-27-12-11-22(20)18-7-9-19(10-8-18)24-29-31-32-30-24/h7-14,16H,4-6,15H2,1-3H3,(H,29,30,31,32). The van der Waals surface area contributed by atoms with Gasteiger partial charge in [-0.3, -0.25) is 23.6 Å². The highest BCUT2D eigenvalue weighted by Crippen LogP contribution is 2.26. The highest BCUT2D eigenvalue weighted by molar-refractivity contribution is 5.96. The quantitative estimate of drug-likeness (QED) is 0.310. The third kappa shape index (κ3) is 4.63. The molecule has 0 amide bonds. The maximum Gasteiger partial charge on any atom is 0.334 e. The molecule has 0 atom stereocenters. The number of nitrogens with one attached hydrogen (secondary N) is 1. The molecule has 5 rings (SSSR count). The van der Waals surface area contributed by atoms with Gasteiger partial charge in [0.25, 0.3) is 0 Å². The van der Waals surface area contributed by atoms with E-state index in [1.807, 2.05) is 36.5 Å². The molecule has 0 saturated heterocycles. The molecule has 0 radical (unpaired) electrons. The summed E-state index contributed by atoms with van der Waals surface area (Å²) in [5.41, 5.74) is 4.83. The Morgan fingerprint density at radius 1 is 1.08 bits per heavy atom. The maximum absolute atomic E-state index is 13.7. The SMILES string of the molecule is CCCCc1cn(-c2c(C(C)=O)cnn2C)c(=O)n1Cc1cnccc1-c1ccc(-c2nnn[nH]2)cc1. The second-order valence-corrected chi connectivity index (χ2v) is 8.88. The van der Waals surface area contributed by atoms with Gasteiger partial charge in [0, 0.05) is 36.9 Å².